The summed E-state index contributed by atoms with van der Waals surface area (Å²) in [5, 5.41) is 18.5. The topological polar surface area (TPSA) is 91.0 Å². The van der Waals surface area contributed by atoms with Gasteiger partial charge in [-0.05, 0) is 42.0 Å². The van der Waals surface area contributed by atoms with E-state index >= 15 is 0 Å². The number of methoxy groups -OCH3 is 1. The normalized spacial score (nSPS) is 11.2. The van der Waals surface area contributed by atoms with Crippen molar-refractivity contribution in [2.24, 2.45) is 0 Å². The van der Waals surface area contributed by atoms with Gasteiger partial charge in [0.05, 0.1) is 30.5 Å². The molecule has 0 bridgehead atoms. The molecule has 2 aromatic heterocycles. The Morgan fingerprint density at radius 2 is 2.04 bits per heavy atom. The van der Waals surface area contributed by atoms with Crippen molar-refractivity contribution < 1.29 is 14.6 Å². The summed E-state index contributed by atoms with van der Waals surface area (Å²) < 4.78 is 4.74. The number of aliphatic hydroxyl groups excluding tert-OH is 1. The first-order chi connectivity index (χ1) is 11.7. The van der Waals surface area contributed by atoms with Crippen LogP contribution in [0.1, 0.15) is 15.9 Å². The quantitative estimate of drug-likeness (QED) is 0.506. The molecular formula is C18H15N3O3. The van der Waals surface area contributed by atoms with Crippen LogP contribution in [-0.2, 0) is 11.3 Å². The summed E-state index contributed by atoms with van der Waals surface area (Å²) >= 11 is 0. The first kappa shape index (κ1) is 14.5. The molecule has 2 aromatic carbocycles. The molecule has 0 saturated heterocycles. The van der Waals surface area contributed by atoms with Gasteiger partial charge in [0.1, 0.15) is 5.69 Å². The molecule has 120 valence electrons. The minimum Gasteiger partial charge on any atom is -0.465 e. The molecule has 6 nitrogen and oxygen atoms in total. The van der Waals surface area contributed by atoms with Gasteiger partial charge in [-0.3, -0.25) is 5.10 Å². The fourth-order valence-electron chi connectivity index (χ4n) is 2.88. The molecule has 0 spiro atoms. The van der Waals surface area contributed by atoms with Gasteiger partial charge in [0.2, 0.25) is 0 Å². The minimum absolute atomic E-state index is 0.0120. The highest BCUT2D eigenvalue weighted by molar-refractivity contribution is 5.99. The average Bonchev–Trinajstić information content (AvgIpc) is 3.22. The number of hydrogen-bond donors (Lipinski definition) is 3. The predicted octanol–water partition coefficient (Wildman–Crippen LogP) is 2.99. The van der Waals surface area contributed by atoms with Crippen LogP contribution in [0.3, 0.4) is 0 Å². The molecule has 4 rings (SSSR count). The SMILES string of the molecule is COC(=O)c1ccc2c(-c3cc4cc(CO)ccc4[nH]3)n[nH]c2c1. The summed E-state index contributed by atoms with van der Waals surface area (Å²) in [5.41, 5.74) is 4.74. The van der Waals surface area contributed by atoms with Crippen molar-refractivity contribution >= 4 is 27.8 Å². The van der Waals surface area contributed by atoms with Crippen LogP contribution in [0.15, 0.2) is 42.5 Å². The van der Waals surface area contributed by atoms with Crippen LogP contribution in [0.25, 0.3) is 33.2 Å². The van der Waals surface area contributed by atoms with Gasteiger partial charge in [0, 0.05) is 16.3 Å². The Kier molecular flexibility index (Phi) is 3.32. The van der Waals surface area contributed by atoms with E-state index in [1.165, 1.54) is 7.11 Å². The molecule has 24 heavy (non-hydrogen) atoms. The Morgan fingerprint density at radius 3 is 2.83 bits per heavy atom. The van der Waals surface area contributed by atoms with E-state index in [1.807, 2.05) is 30.3 Å². The number of ether oxygens (including phenoxy) is 1. The van der Waals surface area contributed by atoms with Gasteiger partial charge in [-0.2, -0.15) is 5.10 Å². The van der Waals surface area contributed by atoms with Crippen molar-refractivity contribution in [3.05, 3.63) is 53.6 Å². The number of rotatable bonds is 3. The fourth-order valence-corrected chi connectivity index (χ4v) is 2.88. The van der Waals surface area contributed by atoms with E-state index in [2.05, 4.69) is 15.2 Å². The molecule has 0 radical (unpaired) electrons. The number of benzene rings is 2. The van der Waals surface area contributed by atoms with Crippen LogP contribution < -0.4 is 0 Å². The van der Waals surface area contributed by atoms with E-state index in [4.69, 9.17) is 4.74 Å². The molecule has 0 aliphatic carbocycles. The Hall–Kier alpha value is -3.12. The second kappa shape index (κ2) is 5.50. The zero-order chi connectivity index (χ0) is 16.7. The summed E-state index contributed by atoms with van der Waals surface area (Å²) in [6.45, 7) is 0.0120. The van der Waals surface area contributed by atoms with Crippen molar-refractivity contribution in [2.75, 3.05) is 7.11 Å². The second-order valence-electron chi connectivity index (χ2n) is 5.59. The van der Waals surface area contributed by atoms with Crippen LogP contribution in [0.4, 0.5) is 0 Å². The maximum atomic E-state index is 11.6. The van der Waals surface area contributed by atoms with Gasteiger partial charge in [0.15, 0.2) is 0 Å². The number of carbonyl (C=O) groups excluding carboxylic acids is 1. The van der Waals surface area contributed by atoms with Gasteiger partial charge in [-0.1, -0.05) is 6.07 Å². The Morgan fingerprint density at radius 1 is 1.17 bits per heavy atom. The molecular weight excluding hydrogens is 306 g/mol. The largest absolute Gasteiger partial charge is 0.465 e. The van der Waals surface area contributed by atoms with Crippen LogP contribution in [-0.4, -0.2) is 33.4 Å². The monoisotopic (exact) mass is 321 g/mol. The number of nitrogens with one attached hydrogen (secondary N) is 2. The molecule has 0 amide bonds. The zero-order valence-corrected chi connectivity index (χ0v) is 13.0. The number of carbonyl (C=O) groups is 1. The summed E-state index contributed by atoms with van der Waals surface area (Å²) in [5.74, 6) is -0.379. The van der Waals surface area contributed by atoms with Gasteiger partial charge in [0.25, 0.3) is 0 Å². The van der Waals surface area contributed by atoms with E-state index < -0.39 is 0 Å². The molecule has 6 heteroatoms. The average molecular weight is 321 g/mol. The lowest BCUT2D eigenvalue weighted by atomic mass is 10.1. The fraction of sp³-hybridized carbons (Fsp3) is 0.111. The molecule has 0 atom stereocenters. The Bertz CT molecular complexity index is 1060. The van der Waals surface area contributed by atoms with E-state index in [1.54, 1.807) is 12.1 Å². The van der Waals surface area contributed by atoms with Gasteiger partial charge < -0.3 is 14.8 Å². The van der Waals surface area contributed by atoms with Crippen molar-refractivity contribution in [2.45, 2.75) is 6.61 Å². The number of aromatic nitrogens is 3. The lowest BCUT2D eigenvalue weighted by molar-refractivity contribution is 0.0601. The standard InChI is InChI=1S/C18H15N3O3/c1-24-18(23)11-3-4-13-15(7-11)20-21-17(13)16-8-12-6-10(9-22)2-5-14(12)19-16/h2-8,19,22H,9H2,1H3,(H,20,21). The number of aromatic amines is 2. The third kappa shape index (κ3) is 2.24. The van der Waals surface area contributed by atoms with Crippen molar-refractivity contribution in [3.63, 3.8) is 0 Å². The summed E-state index contributed by atoms with van der Waals surface area (Å²) in [6.07, 6.45) is 0. The van der Waals surface area contributed by atoms with Crippen LogP contribution in [0.2, 0.25) is 0 Å². The number of aliphatic hydroxyl groups is 1. The lowest BCUT2D eigenvalue weighted by Crippen LogP contribution is -2.00. The number of esters is 1. The van der Waals surface area contributed by atoms with Crippen LogP contribution in [0.5, 0.6) is 0 Å². The van der Waals surface area contributed by atoms with E-state index in [0.29, 0.717) is 5.56 Å². The maximum Gasteiger partial charge on any atom is 0.337 e. The highest BCUT2D eigenvalue weighted by Gasteiger charge is 2.13. The summed E-state index contributed by atoms with van der Waals surface area (Å²) in [7, 11) is 1.36. The summed E-state index contributed by atoms with van der Waals surface area (Å²) in [6, 6.07) is 13.1. The second-order valence-corrected chi connectivity index (χ2v) is 5.59. The van der Waals surface area contributed by atoms with Crippen molar-refractivity contribution in [3.8, 4) is 11.4 Å². The highest BCUT2D eigenvalue weighted by Crippen LogP contribution is 2.29. The Balaban J connectivity index is 1.82. The lowest BCUT2D eigenvalue weighted by Gasteiger charge is -1.99. The highest BCUT2D eigenvalue weighted by atomic mass is 16.5. The maximum absolute atomic E-state index is 11.6. The Labute approximate surface area is 137 Å². The third-order valence-corrected chi connectivity index (χ3v) is 4.11. The molecule has 2 heterocycles. The summed E-state index contributed by atoms with van der Waals surface area (Å²) in [4.78, 5) is 15.0. The molecule has 0 aliphatic rings. The van der Waals surface area contributed by atoms with Crippen LogP contribution >= 0.6 is 0 Å². The number of H-pyrrole nitrogens is 2. The molecule has 3 N–H and O–H groups in total. The van der Waals surface area contributed by atoms with Gasteiger partial charge in [-0.15, -0.1) is 0 Å². The molecule has 4 aromatic rings. The van der Waals surface area contributed by atoms with Crippen molar-refractivity contribution in [1.82, 2.24) is 15.2 Å². The number of fused-ring (bicyclic) bond motifs is 2. The number of hydrogen-bond acceptors (Lipinski definition) is 4. The van der Waals surface area contributed by atoms with Gasteiger partial charge in [-0.25, -0.2) is 4.79 Å². The first-order valence-corrected chi connectivity index (χ1v) is 7.49. The number of nitrogens with zero attached hydrogens (tertiary/aromatic N) is 1. The third-order valence-electron chi connectivity index (χ3n) is 4.11. The van der Waals surface area contributed by atoms with E-state index in [0.717, 1.165) is 38.8 Å². The van der Waals surface area contributed by atoms with Crippen molar-refractivity contribution in [1.29, 1.82) is 0 Å². The molecule has 0 saturated carbocycles. The molecule has 0 unspecified atom stereocenters. The van der Waals surface area contributed by atoms with E-state index in [9.17, 15) is 9.90 Å². The van der Waals surface area contributed by atoms with Gasteiger partial charge >= 0.3 is 5.97 Å². The van der Waals surface area contributed by atoms with Crippen LogP contribution in [0, 0.1) is 0 Å². The van der Waals surface area contributed by atoms with E-state index in [-0.39, 0.29) is 12.6 Å². The molecule has 0 fully saturated rings. The minimum atomic E-state index is -0.379. The molecule has 0 aliphatic heterocycles. The predicted molar refractivity (Wildman–Crippen MR) is 90.6 cm³/mol. The zero-order valence-electron chi connectivity index (χ0n) is 13.0. The smallest absolute Gasteiger partial charge is 0.337 e. The first-order valence-electron chi connectivity index (χ1n) is 7.49.